The first-order valence-electron chi connectivity index (χ1n) is 7.26. The van der Waals surface area contributed by atoms with Crippen LogP contribution in [0.4, 0.5) is 4.39 Å². The first kappa shape index (κ1) is 16.8. The van der Waals surface area contributed by atoms with Crippen LogP contribution < -0.4 is 14.8 Å². The summed E-state index contributed by atoms with van der Waals surface area (Å²) in [7, 11) is 3.19. The van der Waals surface area contributed by atoms with Crippen molar-refractivity contribution in [2.75, 3.05) is 14.2 Å². The van der Waals surface area contributed by atoms with Gasteiger partial charge in [-0.25, -0.2) is 4.39 Å². The number of nitrogens with one attached hydrogen (secondary N) is 1. The molecule has 0 aromatic heterocycles. The van der Waals surface area contributed by atoms with Crippen molar-refractivity contribution in [3.8, 4) is 11.5 Å². The number of benzene rings is 2. The van der Waals surface area contributed by atoms with Crippen LogP contribution in [-0.4, -0.2) is 20.1 Å². The molecule has 0 aliphatic rings. The van der Waals surface area contributed by atoms with E-state index in [0.717, 1.165) is 22.4 Å². The number of rotatable bonds is 6. The highest BCUT2D eigenvalue weighted by molar-refractivity contribution is 5.78. The van der Waals surface area contributed by atoms with Gasteiger partial charge in [0.05, 0.1) is 20.6 Å². The van der Waals surface area contributed by atoms with Gasteiger partial charge in [-0.05, 0) is 36.8 Å². The standard InChI is InChI=1S/C18H20FNO3/c1-12-16(22-2)9-6-14(18(12)23-3)11-20-17(21)10-13-4-7-15(19)8-5-13/h4-9H,10-11H2,1-3H3,(H,20,21). The molecule has 0 saturated carbocycles. The van der Waals surface area contributed by atoms with Crippen molar-refractivity contribution >= 4 is 5.91 Å². The van der Waals surface area contributed by atoms with Gasteiger partial charge in [0.2, 0.25) is 5.91 Å². The SMILES string of the molecule is COc1ccc(CNC(=O)Cc2ccc(F)cc2)c(OC)c1C. The molecule has 1 amide bonds. The van der Waals surface area contributed by atoms with E-state index >= 15 is 0 Å². The molecule has 2 aromatic carbocycles. The highest BCUT2D eigenvalue weighted by atomic mass is 19.1. The zero-order valence-corrected chi connectivity index (χ0v) is 13.5. The number of carbonyl (C=O) groups excluding carboxylic acids is 1. The lowest BCUT2D eigenvalue weighted by molar-refractivity contribution is -0.120. The maximum absolute atomic E-state index is 12.9. The van der Waals surface area contributed by atoms with Crippen LogP contribution in [0.15, 0.2) is 36.4 Å². The molecule has 0 atom stereocenters. The fourth-order valence-electron chi connectivity index (χ4n) is 2.42. The molecule has 5 heteroatoms. The third-order valence-electron chi connectivity index (χ3n) is 3.62. The Bertz CT molecular complexity index is 683. The minimum Gasteiger partial charge on any atom is -0.496 e. The fourth-order valence-corrected chi connectivity index (χ4v) is 2.42. The normalized spacial score (nSPS) is 10.3. The Labute approximate surface area is 135 Å². The van der Waals surface area contributed by atoms with Crippen LogP contribution in [-0.2, 0) is 17.8 Å². The van der Waals surface area contributed by atoms with Gasteiger partial charge in [-0.15, -0.1) is 0 Å². The third-order valence-corrected chi connectivity index (χ3v) is 3.62. The van der Waals surface area contributed by atoms with Gasteiger partial charge in [0.25, 0.3) is 0 Å². The second-order valence-corrected chi connectivity index (χ2v) is 5.17. The van der Waals surface area contributed by atoms with Crippen molar-refractivity contribution in [1.29, 1.82) is 0 Å². The molecule has 2 aromatic rings. The van der Waals surface area contributed by atoms with Gasteiger partial charge in [0.15, 0.2) is 0 Å². The molecule has 1 N–H and O–H groups in total. The van der Waals surface area contributed by atoms with Crippen molar-refractivity contribution in [2.45, 2.75) is 19.9 Å². The summed E-state index contributed by atoms with van der Waals surface area (Å²) in [5, 5.41) is 2.85. The number of carbonyl (C=O) groups is 1. The predicted octanol–water partition coefficient (Wildman–Crippen LogP) is 3.01. The summed E-state index contributed by atoms with van der Waals surface area (Å²) in [5.74, 6) is 0.995. The van der Waals surface area contributed by atoms with Crippen molar-refractivity contribution in [3.05, 3.63) is 58.9 Å². The second-order valence-electron chi connectivity index (χ2n) is 5.17. The van der Waals surface area contributed by atoms with Crippen LogP contribution in [0.1, 0.15) is 16.7 Å². The Balaban J connectivity index is 2.01. The van der Waals surface area contributed by atoms with Crippen molar-refractivity contribution in [1.82, 2.24) is 5.32 Å². The van der Waals surface area contributed by atoms with Crippen LogP contribution in [0.2, 0.25) is 0 Å². The smallest absolute Gasteiger partial charge is 0.224 e. The van der Waals surface area contributed by atoms with Crippen LogP contribution in [0.25, 0.3) is 0 Å². The van der Waals surface area contributed by atoms with Gasteiger partial charge in [-0.1, -0.05) is 12.1 Å². The summed E-state index contributed by atoms with van der Waals surface area (Å²) in [6.07, 6.45) is 0.206. The molecule has 0 heterocycles. The summed E-state index contributed by atoms with van der Waals surface area (Å²) in [4.78, 5) is 12.0. The van der Waals surface area contributed by atoms with E-state index in [9.17, 15) is 9.18 Å². The molecule has 0 spiro atoms. The van der Waals surface area contributed by atoms with E-state index in [-0.39, 0.29) is 18.1 Å². The van der Waals surface area contributed by atoms with E-state index in [1.807, 2.05) is 19.1 Å². The molecular formula is C18H20FNO3. The zero-order valence-electron chi connectivity index (χ0n) is 13.5. The zero-order chi connectivity index (χ0) is 16.8. The first-order chi connectivity index (χ1) is 11.0. The summed E-state index contributed by atoms with van der Waals surface area (Å²) in [6.45, 7) is 2.26. The monoisotopic (exact) mass is 317 g/mol. The predicted molar refractivity (Wildman–Crippen MR) is 86.2 cm³/mol. The first-order valence-corrected chi connectivity index (χ1v) is 7.26. The number of hydrogen-bond acceptors (Lipinski definition) is 3. The molecule has 0 unspecified atom stereocenters. The van der Waals surface area contributed by atoms with Gasteiger partial charge in [-0.2, -0.15) is 0 Å². The Kier molecular flexibility index (Phi) is 5.57. The largest absolute Gasteiger partial charge is 0.496 e. The van der Waals surface area contributed by atoms with Crippen LogP contribution in [0.3, 0.4) is 0 Å². The summed E-state index contributed by atoms with van der Waals surface area (Å²) in [6, 6.07) is 9.61. The number of hydrogen-bond donors (Lipinski definition) is 1. The molecule has 0 bridgehead atoms. The average molecular weight is 317 g/mol. The Morgan fingerprint density at radius 2 is 1.78 bits per heavy atom. The fraction of sp³-hybridized carbons (Fsp3) is 0.278. The van der Waals surface area contributed by atoms with Crippen LogP contribution in [0.5, 0.6) is 11.5 Å². The molecule has 0 fully saturated rings. The number of halogens is 1. The molecule has 2 rings (SSSR count). The van der Waals surface area contributed by atoms with Gasteiger partial charge >= 0.3 is 0 Å². The van der Waals surface area contributed by atoms with Crippen molar-refractivity contribution in [2.24, 2.45) is 0 Å². The molecule has 4 nitrogen and oxygen atoms in total. The van der Waals surface area contributed by atoms with E-state index in [0.29, 0.717) is 12.3 Å². The Hall–Kier alpha value is -2.56. The van der Waals surface area contributed by atoms with Gasteiger partial charge in [0, 0.05) is 17.7 Å². The van der Waals surface area contributed by atoms with Crippen LogP contribution >= 0.6 is 0 Å². The summed E-state index contributed by atoms with van der Waals surface area (Å²) in [5.41, 5.74) is 2.53. The third kappa shape index (κ3) is 4.22. The number of ether oxygens (including phenoxy) is 2. The lowest BCUT2D eigenvalue weighted by Gasteiger charge is -2.15. The minimum absolute atomic E-state index is 0.132. The van der Waals surface area contributed by atoms with E-state index in [1.165, 1.54) is 12.1 Å². The van der Waals surface area contributed by atoms with E-state index < -0.39 is 0 Å². The molecule has 23 heavy (non-hydrogen) atoms. The molecule has 0 aliphatic carbocycles. The summed E-state index contributed by atoms with van der Waals surface area (Å²) >= 11 is 0. The lowest BCUT2D eigenvalue weighted by Crippen LogP contribution is -2.24. The number of methoxy groups -OCH3 is 2. The quantitative estimate of drug-likeness (QED) is 0.891. The van der Waals surface area contributed by atoms with E-state index in [2.05, 4.69) is 5.32 Å². The van der Waals surface area contributed by atoms with E-state index in [1.54, 1.807) is 26.4 Å². The van der Waals surface area contributed by atoms with Gasteiger partial charge in [0.1, 0.15) is 17.3 Å². The van der Waals surface area contributed by atoms with Crippen LogP contribution in [0, 0.1) is 12.7 Å². The topological polar surface area (TPSA) is 47.6 Å². The number of amides is 1. The maximum atomic E-state index is 12.9. The average Bonchev–Trinajstić information content (AvgIpc) is 2.55. The molecule has 0 aliphatic heterocycles. The highest BCUT2D eigenvalue weighted by Crippen LogP contribution is 2.31. The molecular weight excluding hydrogens is 297 g/mol. The van der Waals surface area contributed by atoms with Gasteiger partial charge in [-0.3, -0.25) is 4.79 Å². The Morgan fingerprint density at radius 1 is 1.09 bits per heavy atom. The summed E-state index contributed by atoms with van der Waals surface area (Å²) < 4.78 is 23.5. The van der Waals surface area contributed by atoms with Gasteiger partial charge < -0.3 is 14.8 Å². The Morgan fingerprint density at radius 3 is 2.39 bits per heavy atom. The second kappa shape index (κ2) is 7.63. The molecule has 0 radical (unpaired) electrons. The van der Waals surface area contributed by atoms with Crippen molar-refractivity contribution < 1.29 is 18.7 Å². The van der Waals surface area contributed by atoms with E-state index in [4.69, 9.17) is 9.47 Å². The minimum atomic E-state index is -0.312. The highest BCUT2D eigenvalue weighted by Gasteiger charge is 2.12. The van der Waals surface area contributed by atoms with Crippen molar-refractivity contribution in [3.63, 3.8) is 0 Å². The molecule has 0 saturated heterocycles. The maximum Gasteiger partial charge on any atom is 0.224 e. The lowest BCUT2D eigenvalue weighted by atomic mass is 10.1. The molecule has 122 valence electrons.